The van der Waals surface area contributed by atoms with Gasteiger partial charge in [-0.25, -0.2) is 0 Å². The first-order valence-electron chi connectivity index (χ1n) is 8.49. The summed E-state index contributed by atoms with van der Waals surface area (Å²) in [6.45, 7) is 7.43. The van der Waals surface area contributed by atoms with Gasteiger partial charge in [-0.05, 0) is 41.4 Å². The first kappa shape index (κ1) is 17.3. The van der Waals surface area contributed by atoms with Crippen LogP contribution in [0.25, 0.3) is 0 Å². The zero-order valence-corrected chi connectivity index (χ0v) is 14.6. The Kier molecular flexibility index (Phi) is 5.28. The van der Waals surface area contributed by atoms with Crippen LogP contribution in [0, 0.1) is 29.9 Å². The van der Waals surface area contributed by atoms with Gasteiger partial charge in [-0.1, -0.05) is 18.2 Å². The molecule has 2 heterocycles. The minimum absolute atomic E-state index is 0.237. The number of ether oxygens (including phenoxy) is 1. The van der Waals surface area contributed by atoms with E-state index < -0.39 is 4.92 Å². The molecule has 8 heteroatoms. The molecule has 2 aliphatic heterocycles. The van der Waals surface area contributed by atoms with E-state index in [4.69, 9.17) is 4.74 Å². The number of benzene rings is 1. The molecule has 8 nitrogen and oxygen atoms in total. The molecular formula is C17H23N5O3. The molecule has 1 aromatic carbocycles. The number of nitro groups is 1. The maximum absolute atomic E-state index is 11.6. The normalized spacial score (nSPS) is 22.5. The molecule has 2 aliphatic rings. The smallest absolute Gasteiger partial charge is 0.381 e. The number of nitrogens with one attached hydrogen (secondary N) is 1. The highest BCUT2D eigenvalue weighted by atomic mass is 16.6. The second-order valence-electron chi connectivity index (χ2n) is 6.47. The molecular weight excluding hydrogens is 322 g/mol. The van der Waals surface area contributed by atoms with Crippen molar-refractivity contribution in [3.05, 3.63) is 51.1 Å². The standard InChI is InChI=1S/C17H23N5O3/c1-12-4-3-5-13(2)15(12)19-20-17(22(23)24)16-18-7-8-21(16)10-14-6-9-25-11-14/h3-5,14,18H,6-11H2,1-2H3/b17-16+,20-19+. The molecule has 1 unspecified atom stereocenters. The average Bonchev–Trinajstić information content (AvgIpc) is 3.23. The van der Waals surface area contributed by atoms with Crippen molar-refractivity contribution in [3.63, 3.8) is 0 Å². The van der Waals surface area contributed by atoms with E-state index in [-0.39, 0.29) is 5.82 Å². The lowest BCUT2D eigenvalue weighted by Crippen LogP contribution is -2.29. The van der Waals surface area contributed by atoms with Gasteiger partial charge in [-0.3, -0.25) is 0 Å². The van der Waals surface area contributed by atoms with E-state index in [1.165, 1.54) is 0 Å². The molecule has 0 aliphatic carbocycles. The van der Waals surface area contributed by atoms with Crippen LogP contribution in [0.5, 0.6) is 0 Å². The van der Waals surface area contributed by atoms with Crippen LogP contribution >= 0.6 is 0 Å². The Balaban J connectivity index is 1.87. The van der Waals surface area contributed by atoms with Crippen molar-refractivity contribution in [2.24, 2.45) is 16.1 Å². The number of azo groups is 1. The van der Waals surface area contributed by atoms with Crippen molar-refractivity contribution in [1.29, 1.82) is 0 Å². The topological polar surface area (TPSA) is 92.4 Å². The van der Waals surface area contributed by atoms with Gasteiger partial charge in [-0.2, -0.15) is 0 Å². The Morgan fingerprint density at radius 1 is 1.44 bits per heavy atom. The van der Waals surface area contributed by atoms with Crippen LogP contribution < -0.4 is 5.32 Å². The average molecular weight is 345 g/mol. The van der Waals surface area contributed by atoms with Crippen molar-refractivity contribution in [3.8, 4) is 0 Å². The second kappa shape index (κ2) is 7.60. The van der Waals surface area contributed by atoms with Crippen molar-refractivity contribution in [2.75, 3.05) is 32.8 Å². The van der Waals surface area contributed by atoms with E-state index in [9.17, 15) is 10.1 Å². The first-order chi connectivity index (χ1) is 12.1. The van der Waals surface area contributed by atoms with E-state index in [1.54, 1.807) is 0 Å². The largest absolute Gasteiger partial charge is 0.430 e. The lowest BCUT2D eigenvalue weighted by atomic mass is 10.1. The fourth-order valence-corrected chi connectivity index (χ4v) is 3.21. The van der Waals surface area contributed by atoms with Gasteiger partial charge < -0.3 is 25.1 Å². The van der Waals surface area contributed by atoms with Gasteiger partial charge in [0.15, 0.2) is 0 Å². The third kappa shape index (κ3) is 3.96. The second-order valence-corrected chi connectivity index (χ2v) is 6.47. The summed E-state index contributed by atoms with van der Waals surface area (Å²) in [7, 11) is 0. The van der Waals surface area contributed by atoms with Crippen LogP contribution in [0.4, 0.5) is 5.69 Å². The maximum atomic E-state index is 11.6. The summed E-state index contributed by atoms with van der Waals surface area (Å²) in [6.07, 6.45) is 0.988. The highest BCUT2D eigenvalue weighted by Crippen LogP contribution is 2.26. The molecule has 0 saturated carbocycles. The first-order valence-corrected chi connectivity index (χ1v) is 8.49. The van der Waals surface area contributed by atoms with Gasteiger partial charge >= 0.3 is 5.82 Å². The number of aryl methyl sites for hydroxylation is 2. The molecule has 0 spiro atoms. The van der Waals surface area contributed by atoms with Gasteiger partial charge in [0, 0.05) is 32.2 Å². The fraction of sp³-hybridized carbons (Fsp3) is 0.529. The summed E-state index contributed by atoms with van der Waals surface area (Å²) >= 11 is 0. The predicted octanol–water partition coefficient (Wildman–Crippen LogP) is 2.73. The summed E-state index contributed by atoms with van der Waals surface area (Å²) in [4.78, 5) is 13.1. The van der Waals surface area contributed by atoms with Crippen LogP contribution in [0.15, 0.2) is 40.1 Å². The fourth-order valence-electron chi connectivity index (χ4n) is 3.21. The maximum Gasteiger partial charge on any atom is 0.430 e. The zero-order valence-electron chi connectivity index (χ0n) is 14.6. The molecule has 0 bridgehead atoms. The van der Waals surface area contributed by atoms with Crippen LogP contribution in [0.1, 0.15) is 17.5 Å². The van der Waals surface area contributed by atoms with Crippen molar-refractivity contribution < 1.29 is 9.66 Å². The lowest BCUT2D eigenvalue weighted by Gasteiger charge is -2.20. The van der Waals surface area contributed by atoms with Gasteiger partial charge in [0.05, 0.1) is 11.7 Å². The van der Waals surface area contributed by atoms with Crippen LogP contribution in [0.2, 0.25) is 0 Å². The Bertz CT molecular complexity index is 690. The number of nitrogens with zero attached hydrogens (tertiary/aromatic N) is 4. The van der Waals surface area contributed by atoms with E-state index in [2.05, 4.69) is 15.5 Å². The Hall–Kier alpha value is -2.48. The number of hydrogen-bond donors (Lipinski definition) is 1. The van der Waals surface area contributed by atoms with Gasteiger partial charge in [0.2, 0.25) is 5.82 Å². The van der Waals surface area contributed by atoms with Crippen LogP contribution in [0.3, 0.4) is 0 Å². The zero-order chi connectivity index (χ0) is 17.8. The molecule has 1 aromatic rings. The molecule has 0 radical (unpaired) electrons. The monoisotopic (exact) mass is 345 g/mol. The van der Waals surface area contributed by atoms with E-state index in [0.29, 0.717) is 30.6 Å². The molecule has 134 valence electrons. The quantitative estimate of drug-likeness (QED) is 0.503. The number of hydrogen-bond acceptors (Lipinski definition) is 7. The van der Waals surface area contributed by atoms with Crippen molar-refractivity contribution in [1.82, 2.24) is 10.2 Å². The SMILES string of the molecule is Cc1cccc(C)c1/N=N/C(=C1/NCCN1CC1CCOC1)[N+](=O)[O-]. The summed E-state index contributed by atoms with van der Waals surface area (Å²) in [5.74, 6) is 0.615. The summed E-state index contributed by atoms with van der Waals surface area (Å²) < 4.78 is 5.40. The van der Waals surface area contributed by atoms with Gasteiger partial charge in [0.25, 0.3) is 0 Å². The lowest BCUT2D eigenvalue weighted by molar-refractivity contribution is -0.429. The highest BCUT2D eigenvalue weighted by molar-refractivity contribution is 5.51. The van der Waals surface area contributed by atoms with Crippen molar-refractivity contribution >= 4 is 5.69 Å². The molecule has 0 aromatic heterocycles. The third-order valence-electron chi connectivity index (χ3n) is 4.56. The summed E-state index contributed by atoms with van der Waals surface area (Å²) in [5.41, 5.74) is 2.56. The molecule has 2 saturated heterocycles. The Morgan fingerprint density at radius 2 is 2.20 bits per heavy atom. The number of rotatable bonds is 5. The molecule has 1 N–H and O–H groups in total. The predicted molar refractivity (Wildman–Crippen MR) is 93.0 cm³/mol. The Morgan fingerprint density at radius 3 is 2.84 bits per heavy atom. The minimum atomic E-state index is -0.469. The molecule has 3 rings (SSSR count). The summed E-state index contributed by atoms with van der Waals surface area (Å²) in [5, 5.41) is 22.8. The summed E-state index contributed by atoms with van der Waals surface area (Å²) in [6, 6.07) is 5.77. The molecule has 25 heavy (non-hydrogen) atoms. The van der Waals surface area contributed by atoms with E-state index in [0.717, 1.165) is 37.2 Å². The van der Waals surface area contributed by atoms with E-state index >= 15 is 0 Å². The molecule has 1 atom stereocenters. The van der Waals surface area contributed by atoms with Crippen molar-refractivity contribution in [2.45, 2.75) is 20.3 Å². The Labute approximate surface area is 146 Å². The minimum Gasteiger partial charge on any atom is -0.381 e. The third-order valence-corrected chi connectivity index (χ3v) is 4.56. The van der Waals surface area contributed by atoms with E-state index in [1.807, 2.05) is 36.9 Å². The van der Waals surface area contributed by atoms with Crippen LogP contribution in [-0.2, 0) is 4.74 Å². The van der Waals surface area contributed by atoms with Crippen LogP contribution in [-0.4, -0.2) is 42.7 Å². The molecule has 2 fully saturated rings. The highest BCUT2D eigenvalue weighted by Gasteiger charge is 2.31. The van der Waals surface area contributed by atoms with Gasteiger partial charge in [-0.15, -0.1) is 0 Å². The molecule has 0 amide bonds. The van der Waals surface area contributed by atoms with Gasteiger partial charge in [0.1, 0.15) is 5.69 Å².